The van der Waals surface area contributed by atoms with Crippen molar-refractivity contribution in [1.82, 2.24) is 9.73 Å². The molecule has 0 radical (unpaired) electrons. The number of amides is 3. The maximum atomic E-state index is 13.0. The van der Waals surface area contributed by atoms with Gasteiger partial charge in [0.15, 0.2) is 0 Å². The van der Waals surface area contributed by atoms with Gasteiger partial charge in [0, 0.05) is 37.2 Å². The zero-order valence-corrected chi connectivity index (χ0v) is 20.0. The number of rotatable bonds is 5. The summed E-state index contributed by atoms with van der Waals surface area (Å²) >= 11 is 0. The summed E-state index contributed by atoms with van der Waals surface area (Å²) in [6.45, 7) is 5.13. The molecular formula is C24H28N4O5S. The minimum atomic E-state index is -3.59. The third-order valence-electron chi connectivity index (χ3n) is 6.02. The van der Waals surface area contributed by atoms with E-state index in [2.05, 4.69) is 24.6 Å². The average Bonchev–Trinajstić information content (AvgIpc) is 2.80. The van der Waals surface area contributed by atoms with Crippen molar-refractivity contribution in [2.24, 2.45) is 11.8 Å². The van der Waals surface area contributed by atoms with Gasteiger partial charge in [0.25, 0.3) is 5.91 Å². The molecule has 2 atom stereocenters. The maximum Gasteiger partial charge on any atom is 0.255 e. The summed E-state index contributed by atoms with van der Waals surface area (Å²) in [5.41, 5.74) is 3.79. The van der Waals surface area contributed by atoms with E-state index in [-0.39, 0.29) is 35.5 Å². The fraction of sp³-hybridized carbons (Fsp3) is 0.375. The molecular weight excluding hydrogens is 456 g/mol. The molecule has 2 aliphatic rings. The molecule has 34 heavy (non-hydrogen) atoms. The Labute approximate surface area is 199 Å². The molecule has 2 heterocycles. The molecule has 2 aliphatic heterocycles. The third kappa shape index (κ3) is 5.13. The van der Waals surface area contributed by atoms with Crippen molar-refractivity contribution in [2.45, 2.75) is 38.0 Å². The Kier molecular flexibility index (Phi) is 6.72. The molecule has 2 aromatic rings. The Bertz CT molecular complexity index is 1180. The van der Waals surface area contributed by atoms with E-state index in [0.29, 0.717) is 41.9 Å². The van der Waals surface area contributed by atoms with E-state index in [1.807, 2.05) is 0 Å². The molecule has 2 unspecified atom stereocenters. The highest BCUT2D eigenvalue weighted by Gasteiger charge is 2.31. The molecule has 3 amide bonds. The van der Waals surface area contributed by atoms with Crippen LogP contribution in [0.2, 0.25) is 0 Å². The SMILES string of the molecule is CC1CC(C)CN(S(=O)(=O)c2ccc(NC(=O)c3ccc(N4NC(=O)CCC4=O)cc3)cc2)C1. The van der Waals surface area contributed by atoms with E-state index < -0.39 is 10.0 Å². The molecule has 0 aliphatic carbocycles. The second-order valence-corrected chi connectivity index (χ2v) is 11.0. The van der Waals surface area contributed by atoms with E-state index in [1.54, 1.807) is 36.4 Å². The third-order valence-corrected chi connectivity index (χ3v) is 7.87. The lowest BCUT2D eigenvalue weighted by atomic mass is 9.94. The number of anilines is 2. The first kappa shape index (κ1) is 23.9. The fourth-order valence-electron chi connectivity index (χ4n) is 4.41. The van der Waals surface area contributed by atoms with Crippen LogP contribution >= 0.6 is 0 Å². The summed E-state index contributed by atoms with van der Waals surface area (Å²) in [5, 5.41) is 3.92. The molecule has 180 valence electrons. The lowest BCUT2D eigenvalue weighted by molar-refractivity contribution is -0.130. The highest BCUT2D eigenvalue weighted by molar-refractivity contribution is 7.89. The minimum Gasteiger partial charge on any atom is -0.322 e. The van der Waals surface area contributed by atoms with Gasteiger partial charge in [0.05, 0.1) is 10.6 Å². The molecule has 2 N–H and O–H groups in total. The number of nitrogens with one attached hydrogen (secondary N) is 2. The molecule has 4 rings (SSSR count). The number of carbonyl (C=O) groups excluding carboxylic acids is 3. The molecule has 2 aromatic carbocycles. The van der Waals surface area contributed by atoms with Crippen LogP contribution in [0.15, 0.2) is 53.4 Å². The highest BCUT2D eigenvalue weighted by Crippen LogP contribution is 2.27. The van der Waals surface area contributed by atoms with Gasteiger partial charge in [-0.05, 0) is 66.8 Å². The number of hydrogen-bond acceptors (Lipinski definition) is 5. The van der Waals surface area contributed by atoms with Crippen LogP contribution in [-0.2, 0) is 19.6 Å². The van der Waals surface area contributed by atoms with Crippen molar-refractivity contribution >= 4 is 39.1 Å². The van der Waals surface area contributed by atoms with Gasteiger partial charge in [0.1, 0.15) is 0 Å². The van der Waals surface area contributed by atoms with Gasteiger partial charge in [-0.15, -0.1) is 0 Å². The molecule has 10 heteroatoms. The standard InChI is InChI=1S/C24H28N4O5S/c1-16-13-17(2)15-27(14-16)34(32,33)21-9-5-19(6-10-21)25-24(31)18-3-7-20(8-4-18)28-23(30)12-11-22(29)26-28/h3-10,16-17H,11-15H2,1-2H3,(H,25,31)(H,26,29). The van der Waals surface area contributed by atoms with Crippen LogP contribution in [0.1, 0.15) is 43.5 Å². The first-order valence-electron chi connectivity index (χ1n) is 11.3. The number of carbonyl (C=O) groups is 3. The van der Waals surface area contributed by atoms with E-state index >= 15 is 0 Å². The highest BCUT2D eigenvalue weighted by atomic mass is 32.2. The smallest absolute Gasteiger partial charge is 0.255 e. The van der Waals surface area contributed by atoms with Crippen molar-refractivity contribution in [2.75, 3.05) is 23.4 Å². The first-order valence-corrected chi connectivity index (χ1v) is 12.7. The zero-order valence-electron chi connectivity index (χ0n) is 19.2. The van der Waals surface area contributed by atoms with Gasteiger partial charge in [-0.1, -0.05) is 13.8 Å². The van der Waals surface area contributed by atoms with E-state index in [1.165, 1.54) is 21.4 Å². The molecule has 0 spiro atoms. The number of hydrazine groups is 1. The molecule has 0 aromatic heterocycles. The van der Waals surface area contributed by atoms with Gasteiger partial charge in [-0.2, -0.15) is 4.31 Å². The lowest BCUT2D eigenvalue weighted by Gasteiger charge is -2.34. The number of benzene rings is 2. The van der Waals surface area contributed by atoms with E-state index in [4.69, 9.17) is 0 Å². The van der Waals surface area contributed by atoms with Crippen LogP contribution < -0.4 is 15.8 Å². The summed E-state index contributed by atoms with van der Waals surface area (Å²) in [5.74, 6) is -0.216. The van der Waals surface area contributed by atoms with Crippen molar-refractivity contribution in [1.29, 1.82) is 0 Å². The summed E-state index contributed by atoms with van der Waals surface area (Å²) in [4.78, 5) is 36.4. The predicted octanol–water partition coefficient (Wildman–Crippen LogP) is 2.76. The largest absolute Gasteiger partial charge is 0.322 e. The molecule has 9 nitrogen and oxygen atoms in total. The average molecular weight is 485 g/mol. The second-order valence-electron chi connectivity index (χ2n) is 9.06. The Morgan fingerprint density at radius 1 is 0.941 bits per heavy atom. The molecule has 0 bridgehead atoms. The van der Waals surface area contributed by atoms with Crippen molar-refractivity contribution in [3.05, 3.63) is 54.1 Å². The quantitative estimate of drug-likeness (QED) is 0.677. The Morgan fingerprint density at radius 2 is 1.56 bits per heavy atom. The minimum absolute atomic E-state index is 0.135. The number of sulfonamides is 1. The van der Waals surface area contributed by atoms with Gasteiger partial charge >= 0.3 is 0 Å². The van der Waals surface area contributed by atoms with Gasteiger partial charge in [-0.3, -0.25) is 19.8 Å². The Morgan fingerprint density at radius 3 is 2.18 bits per heavy atom. The lowest BCUT2D eigenvalue weighted by Crippen LogP contribution is -2.50. The Hall–Kier alpha value is -3.24. The number of piperidine rings is 1. The molecule has 0 saturated carbocycles. The normalized spacial score (nSPS) is 21.8. The van der Waals surface area contributed by atoms with Crippen molar-refractivity contribution in [3.63, 3.8) is 0 Å². The predicted molar refractivity (Wildman–Crippen MR) is 127 cm³/mol. The van der Waals surface area contributed by atoms with Crippen LogP contribution in [0.4, 0.5) is 11.4 Å². The topological polar surface area (TPSA) is 116 Å². The monoisotopic (exact) mass is 484 g/mol. The second kappa shape index (κ2) is 9.55. The van der Waals surface area contributed by atoms with Crippen LogP contribution in [0.3, 0.4) is 0 Å². The van der Waals surface area contributed by atoms with Gasteiger partial charge < -0.3 is 5.32 Å². The van der Waals surface area contributed by atoms with Crippen molar-refractivity contribution < 1.29 is 22.8 Å². The maximum absolute atomic E-state index is 13.0. The zero-order chi connectivity index (χ0) is 24.5. The summed E-state index contributed by atoms with van der Waals surface area (Å²) < 4.78 is 27.6. The molecule has 2 saturated heterocycles. The van der Waals surface area contributed by atoms with Gasteiger partial charge in [0.2, 0.25) is 21.8 Å². The van der Waals surface area contributed by atoms with Crippen LogP contribution in [-0.4, -0.2) is 43.5 Å². The summed E-state index contributed by atoms with van der Waals surface area (Å²) in [6.07, 6.45) is 1.31. The number of hydrogen-bond donors (Lipinski definition) is 2. The van der Waals surface area contributed by atoms with E-state index in [0.717, 1.165) is 6.42 Å². The van der Waals surface area contributed by atoms with Crippen LogP contribution in [0, 0.1) is 11.8 Å². The summed E-state index contributed by atoms with van der Waals surface area (Å²) in [6, 6.07) is 12.4. The number of nitrogens with zero attached hydrogens (tertiary/aromatic N) is 2. The van der Waals surface area contributed by atoms with Gasteiger partial charge in [-0.25, -0.2) is 13.4 Å². The Balaban J connectivity index is 1.42. The van der Waals surface area contributed by atoms with E-state index in [9.17, 15) is 22.8 Å². The molecule has 2 fully saturated rings. The van der Waals surface area contributed by atoms with Crippen LogP contribution in [0.5, 0.6) is 0 Å². The first-order chi connectivity index (χ1) is 16.1. The summed E-state index contributed by atoms with van der Waals surface area (Å²) in [7, 11) is -3.59. The van der Waals surface area contributed by atoms with Crippen LogP contribution in [0.25, 0.3) is 0 Å². The van der Waals surface area contributed by atoms with Crippen molar-refractivity contribution in [3.8, 4) is 0 Å². The fourth-order valence-corrected chi connectivity index (χ4v) is 6.09.